The molecular weight excluding hydrogens is 265 g/mol. The Bertz CT molecular complexity index is 723. The van der Waals surface area contributed by atoms with Gasteiger partial charge in [0.25, 0.3) is 5.91 Å². The Kier molecular flexibility index (Phi) is 2.92. The molecule has 19 heavy (non-hydrogen) atoms. The highest BCUT2D eigenvalue weighted by atomic mass is 32.1. The maximum atomic E-state index is 13.4. The lowest BCUT2D eigenvalue weighted by atomic mass is 10.2. The monoisotopic (exact) mass is 273 g/mol. The van der Waals surface area contributed by atoms with E-state index < -0.39 is 11.7 Å². The van der Waals surface area contributed by atoms with Crippen LogP contribution < -0.4 is 5.32 Å². The van der Waals surface area contributed by atoms with Crippen LogP contribution in [0.3, 0.4) is 0 Å². The van der Waals surface area contributed by atoms with Gasteiger partial charge in [0.05, 0.1) is 22.0 Å². The summed E-state index contributed by atoms with van der Waals surface area (Å²) in [4.78, 5) is 19.8. The quantitative estimate of drug-likeness (QED) is 0.780. The van der Waals surface area contributed by atoms with Gasteiger partial charge in [0.15, 0.2) is 10.9 Å². The van der Waals surface area contributed by atoms with E-state index in [4.69, 9.17) is 0 Å². The highest BCUT2D eigenvalue weighted by Crippen LogP contribution is 2.25. The second-order valence-electron chi connectivity index (χ2n) is 3.80. The van der Waals surface area contributed by atoms with Crippen molar-refractivity contribution >= 4 is 32.6 Å². The molecule has 6 heteroatoms. The lowest BCUT2D eigenvalue weighted by Gasteiger charge is -2.01. The average molecular weight is 273 g/mol. The fourth-order valence-electron chi connectivity index (χ4n) is 1.65. The van der Waals surface area contributed by atoms with Crippen molar-refractivity contribution in [3.05, 3.63) is 54.1 Å². The summed E-state index contributed by atoms with van der Waals surface area (Å²) in [5.74, 6) is -1.18. The molecule has 0 fully saturated rings. The minimum atomic E-state index is -0.652. The molecule has 1 N–H and O–H groups in total. The Labute approximate surface area is 111 Å². The van der Waals surface area contributed by atoms with Crippen LogP contribution in [0.2, 0.25) is 0 Å². The van der Waals surface area contributed by atoms with Gasteiger partial charge in [0.2, 0.25) is 0 Å². The largest absolute Gasteiger partial charge is 0.298 e. The molecule has 0 unspecified atom stereocenters. The lowest BCUT2D eigenvalue weighted by molar-refractivity contribution is 0.102. The zero-order valence-corrected chi connectivity index (χ0v) is 10.4. The third-order valence-corrected chi connectivity index (χ3v) is 3.48. The third-order valence-electron chi connectivity index (χ3n) is 2.53. The molecule has 0 radical (unpaired) electrons. The molecule has 3 rings (SSSR count). The molecule has 0 aliphatic heterocycles. The molecule has 0 atom stereocenters. The number of amides is 1. The van der Waals surface area contributed by atoms with Gasteiger partial charge in [-0.05, 0) is 18.2 Å². The molecule has 3 aromatic rings. The number of pyridine rings is 1. The number of hydrogen-bond acceptors (Lipinski definition) is 4. The maximum Gasteiger partial charge on any atom is 0.260 e. The first kappa shape index (κ1) is 11.7. The first-order chi connectivity index (χ1) is 9.24. The van der Waals surface area contributed by atoms with Crippen LogP contribution >= 0.6 is 11.3 Å². The van der Waals surface area contributed by atoms with E-state index in [1.165, 1.54) is 23.6 Å². The number of rotatable bonds is 2. The molecular formula is C13H8FN3OS. The van der Waals surface area contributed by atoms with E-state index in [0.717, 1.165) is 16.4 Å². The molecule has 0 saturated carbocycles. The highest BCUT2D eigenvalue weighted by molar-refractivity contribution is 7.22. The summed E-state index contributed by atoms with van der Waals surface area (Å²) in [7, 11) is 0. The maximum absolute atomic E-state index is 13.4. The minimum absolute atomic E-state index is 0.0470. The summed E-state index contributed by atoms with van der Waals surface area (Å²) >= 11 is 1.34. The van der Waals surface area contributed by atoms with Gasteiger partial charge in [-0.25, -0.2) is 9.37 Å². The van der Waals surface area contributed by atoms with Crippen LogP contribution in [0.15, 0.2) is 42.7 Å². The van der Waals surface area contributed by atoms with Gasteiger partial charge >= 0.3 is 0 Å². The standard InChI is InChI=1S/C13H8FN3OS/c14-9-7-15-6-5-8(9)12(18)17-13-16-10-3-1-2-4-11(10)19-13/h1-7H,(H,16,17,18). The minimum Gasteiger partial charge on any atom is -0.298 e. The van der Waals surface area contributed by atoms with E-state index in [9.17, 15) is 9.18 Å². The summed E-state index contributed by atoms with van der Waals surface area (Å²) in [6.07, 6.45) is 2.38. The van der Waals surface area contributed by atoms with Crippen molar-refractivity contribution < 1.29 is 9.18 Å². The van der Waals surface area contributed by atoms with E-state index in [0.29, 0.717) is 5.13 Å². The summed E-state index contributed by atoms with van der Waals surface area (Å²) in [5, 5.41) is 3.04. The first-order valence-corrected chi connectivity index (χ1v) is 6.32. The molecule has 0 spiro atoms. The second-order valence-corrected chi connectivity index (χ2v) is 4.83. The number of carbonyl (C=O) groups is 1. The number of nitrogens with one attached hydrogen (secondary N) is 1. The van der Waals surface area contributed by atoms with Gasteiger partial charge in [-0.2, -0.15) is 0 Å². The van der Waals surface area contributed by atoms with E-state index in [-0.39, 0.29) is 5.56 Å². The van der Waals surface area contributed by atoms with Gasteiger partial charge in [-0.3, -0.25) is 15.1 Å². The van der Waals surface area contributed by atoms with Crippen molar-refractivity contribution in [1.29, 1.82) is 0 Å². The third kappa shape index (κ3) is 2.30. The van der Waals surface area contributed by atoms with Gasteiger partial charge in [0, 0.05) is 6.20 Å². The molecule has 1 amide bonds. The van der Waals surface area contributed by atoms with Gasteiger partial charge in [-0.1, -0.05) is 23.5 Å². The number of thiazole rings is 1. The number of carbonyl (C=O) groups excluding carboxylic acids is 1. The van der Waals surface area contributed by atoms with Crippen LogP contribution in [0.25, 0.3) is 10.2 Å². The molecule has 2 heterocycles. The molecule has 0 saturated heterocycles. The number of para-hydroxylation sites is 1. The average Bonchev–Trinajstić information content (AvgIpc) is 2.81. The van der Waals surface area contributed by atoms with Crippen LogP contribution in [-0.2, 0) is 0 Å². The molecule has 94 valence electrons. The fourth-order valence-corrected chi connectivity index (χ4v) is 2.51. The Morgan fingerprint density at radius 3 is 2.89 bits per heavy atom. The van der Waals surface area contributed by atoms with Gasteiger partial charge in [-0.15, -0.1) is 0 Å². The van der Waals surface area contributed by atoms with Crippen molar-refractivity contribution in [2.75, 3.05) is 5.32 Å². The zero-order valence-electron chi connectivity index (χ0n) is 9.63. The zero-order chi connectivity index (χ0) is 13.2. The number of aromatic nitrogens is 2. The van der Waals surface area contributed by atoms with E-state index in [1.54, 1.807) is 0 Å². The number of anilines is 1. The summed E-state index contributed by atoms with van der Waals surface area (Å²) < 4.78 is 14.4. The Morgan fingerprint density at radius 1 is 1.26 bits per heavy atom. The smallest absolute Gasteiger partial charge is 0.260 e. The first-order valence-electron chi connectivity index (χ1n) is 5.50. The molecule has 0 aliphatic carbocycles. The molecule has 4 nitrogen and oxygen atoms in total. The van der Waals surface area contributed by atoms with Crippen LogP contribution in [0, 0.1) is 5.82 Å². The number of halogens is 1. The van der Waals surface area contributed by atoms with Gasteiger partial charge < -0.3 is 0 Å². The van der Waals surface area contributed by atoms with E-state index >= 15 is 0 Å². The number of fused-ring (bicyclic) bond motifs is 1. The predicted octanol–water partition coefficient (Wildman–Crippen LogP) is 3.08. The molecule has 1 aromatic carbocycles. The van der Waals surface area contributed by atoms with Gasteiger partial charge in [0.1, 0.15) is 0 Å². The normalized spacial score (nSPS) is 10.6. The van der Waals surface area contributed by atoms with Crippen molar-refractivity contribution in [2.24, 2.45) is 0 Å². The number of benzene rings is 1. The van der Waals surface area contributed by atoms with Crippen molar-refractivity contribution in [3.8, 4) is 0 Å². The Hall–Kier alpha value is -2.34. The molecule has 0 aliphatic rings. The number of hydrogen-bond donors (Lipinski definition) is 1. The SMILES string of the molecule is O=C(Nc1nc2ccccc2s1)c1ccncc1F. The topological polar surface area (TPSA) is 54.9 Å². The summed E-state index contributed by atoms with van der Waals surface area (Å²) in [6.45, 7) is 0. The van der Waals surface area contributed by atoms with Crippen LogP contribution in [0.1, 0.15) is 10.4 Å². The Balaban J connectivity index is 1.89. The van der Waals surface area contributed by atoms with Crippen LogP contribution in [0.4, 0.5) is 9.52 Å². The fraction of sp³-hybridized carbons (Fsp3) is 0. The molecule has 0 bridgehead atoms. The van der Waals surface area contributed by atoms with Crippen molar-refractivity contribution in [1.82, 2.24) is 9.97 Å². The van der Waals surface area contributed by atoms with Crippen LogP contribution in [-0.4, -0.2) is 15.9 Å². The predicted molar refractivity (Wildman–Crippen MR) is 71.8 cm³/mol. The van der Waals surface area contributed by atoms with E-state index in [2.05, 4.69) is 15.3 Å². The van der Waals surface area contributed by atoms with Crippen molar-refractivity contribution in [2.45, 2.75) is 0 Å². The van der Waals surface area contributed by atoms with E-state index in [1.807, 2.05) is 24.3 Å². The number of nitrogens with zero attached hydrogens (tertiary/aromatic N) is 2. The second kappa shape index (κ2) is 4.74. The lowest BCUT2D eigenvalue weighted by Crippen LogP contribution is -2.13. The van der Waals surface area contributed by atoms with Crippen LogP contribution in [0.5, 0.6) is 0 Å². The highest BCUT2D eigenvalue weighted by Gasteiger charge is 2.13. The Morgan fingerprint density at radius 2 is 2.11 bits per heavy atom. The summed E-state index contributed by atoms with van der Waals surface area (Å²) in [6, 6.07) is 8.87. The van der Waals surface area contributed by atoms with Crippen molar-refractivity contribution in [3.63, 3.8) is 0 Å². The summed E-state index contributed by atoms with van der Waals surface area (Å²) in [5.41, 5.74) is 0.757. The molecule has 2 aromatic heterocycles.